The van der Waals surface area contributed by atoms with E-state index < -0.39 is 0 Å². The van der Waals surface area contributed by atoms with Gasteiger partial charge in [0.15, 0.2) is 5.78 Å². The van der Waals surface area contributed by atoms with E-state index in [1.807, 2.05) is 24.3 Å². The van der Waals surface area contributed by atoms with E-state index in [0.29, 0.717) is 12.2 Å². The average Bonchev–Trinajstić information content (AvgIpc) is 3.19. The Morgan fingerprint density at radius 2 is 1.95 bits per heavy atom. The van der Waals surface area contributed by atoms with Crippen molar-refractivity contribution in [3.8, 4) is 0 Å². The lowest BCUT2D eigenvalue weighted by Crippen LogP contribution is -2.14. The first-order chi connectivity index (χ1) is 9.54. The summed E-state index contributed by atoms with van der Waals surface area (Å²) >= 11 is 3.84. The highest BCUT2D eigenvalue weighted by Gasteiger charge is 2.44. The number of carbonyl (C=O) groups excluding carboxylic acids is 2. The number of benzene rings is 1. The zero-order chi connectivity index (χ0) is 14.6. The maximum absolute atomic E-state index is 12.0. The summed E-state index contributed by atoms with van der Waals surface area (Å²) in [5, 5.41) is 0. The molecule has 0 aromatic heterocycles. The molecule has 0 radical (unpaired) electrons. The van der Waals surface area contributed by atoms with Crippen molar-refractivity contribution in [1.29, 1.82) is 0 Å². The first kappa shape index (κ1) is 15.8. The van der Waals surface area contributed by atoms with Gasteiger partial charge in [0.2, 0.25) is 0 Å². The van der Waals surface area contributed by atoms with Gasteiger partial charge in [-0.05, 0) is 58.7 Å². The number of hydrogen-bond acceptors (Lipinski definition) is 4. The van der Waals surface area contributed by atoms with Crippen molar-refractivity contribution in [2.45, 2.75) is 19.3 Å². The molecule has 108 valence electrons. The van der Waals surface area contributed by atoms with Crippen LogP contribution in [0, 0.1) is 8.99 Å². The topological polar surface area (TPSA) is 43.4 Å². The fourth-order valence-electron chi connectivity index (χ4n) is 2.01. The predicted octanol–water partition coefficient (Wildman–Crippen LogP) is 3.55. The molecule has 0 spiro atoms. The minimum absolute atomic E-state index is 0.0874. The van der Waals surface area contributed by atoms with E-state index in [-0.39, 0.29) is 17.2 Å². The zero-order valence-electron chi connectivity index (χ0n) is 11.4. The Kier molecular flexibility index (Phi) is 5.49. The van der Waals surface area contributed by atoms with Crippen LogP contribution in [-0.4, -0.2) is 30.4 Å². The molecule has 0 amide bonds. The summed E-state index contributed by atoms with van der Waals surface area (Å²) in [4.78, 5) is 23.3. The molecule has 1 saturated carbocycles. The molecule has 0 unspecified atom stereocenters. The molecule has 0 bridgehead atoms. The molecule has 1 aromatic rings. The molecular weight excluding hydrogens is 387 g/mol. The lowest BCUT2D eigenvalue weighted by atomic mass is 10.1. The monoisotopic (exact) mass is 404 g/mol. The van der Waals surface area contributed by atoms with Crippen LogP contribution in [0.25, 0.3) is 0 Å². The van der Waals surface area contributed by atoms with Crippen molar-refractivity contribution in [3.05, 3.63) is 33.4 Å². The van der Waals surface area contributed by atoms with Gasteiger partial charge in [0.25, 0.3) is 0 Å². The van der Waals surface area contributed by atoms with Crippen molar-refractivity contribution in [2.24, 2.45) is 5.41 Å². The Balaban J connectivity index is 1.77. The van der Waals surface area contributed by atoms with Crippen LogP contribution in [0.3, 0.4) is 0 Å². The number of carbonyl (C=O) groups is 2. The molecule has 0 aliphatic heterocycles. The molecule has 0 heterocycles. The number of halogens is 1. The van der Waals surface area contributed by atoms with Gasteiger partial charge < -0.3 is 4.74 Å². The lowest BCUT2D eigenvalue weighted by molar-refractivity contribution is -0.141. The van der Waals surface area contributed by atoms with E-state index >= 15 is 0 Å². The van der Waals surface area contributed by atoms with Crippen LogP contribution in [0.5, 0.6) is 0 Å². The smallest absolute Gasteiger partial charge is 0.306 e. The van der Waals surface area contributed by atoms with Gasteiger partial charge in [-0.3, -0.25) is 9.59 Å². The quantitative estimate of drug-likeness (QED) is 0.396. The molecule has 3 nitrogen and oxygen atoms in total. The Labute approximate surface area is 137 Å². The first-order valence-corrected chi connectivity index (χ1v) is 8.71. The first-order valence-electron chi connectivity index (χ1n) is 6.48. The van der Waals surface area contributed by atoms with Gasteiger partial charge in [-0.25, -0.2) is 0 Å². The molecule has 0 N–H and O–H groups in total. The van der Waals surface area contributed by atoms with Crippen LogP contribution in [-0.2, 0) is 9.53 Å². The number of hydrogen-bond donors (Lipinski definition) is 0. The van der Waals surface area contributed by atoms with Gasteiger partial charge >= 0.3 is 5.97 Å². The average molecular weight is 404 g/mol. The van der Waals surface area contributed by atoms with Gasteiger partial charge in [0, 0.05) is 9.13 Å². The Bertz CT molecular complexity index is 494. The summed E-state index contributed by atoms with van der Waals surface area (Å²) in [6, 6.07) is 7.62. The van der Waals surface area contributed by atoms with Gasteiger partial charge in [-0.2, -0.15) is 11.8 Å². The molecule has 2 rings (SSSR count). The van der Waals surface area contributed by atoms with Gasteiger partial charge in [0.05, 0.1) is 19.3 Å². The normalized spacial score (nSPS) is 15.7. The molecule has 5 heteroatoms. The summed E-state index contributed by atoms with van der Waals surface area (Å²) in [7, 11) is 1.42. The number of esters is 1. The Morgan fingerprint density at radius 3 is 2.50 bits per heavy atom. The third-order valence-corrected chi connectivity index (χ3v) is 5.51. The molecular formula is C15H17IO3S. The molecule has 1 aromatic carbocycles. The minimum atomic E-state index is -0.146. The van der Waals surface area contributed by atoms with E-state index in [4.69, 9.17) is 4.74 Å². The van der Waals surface area contributed by atoms with Gasteiger partial charge in [-0.15, -0.1) is 0 Å². The number of ether oxygens (including phenoxy) is 1. The fraction of sp³-hybridized carbons (Fsp3) is 0.467. The molecule has 1 aliphatic rings. The standard InChI is InChI=1S/C15H17IO3S/c1-19-14(18)8-15(6-7-15)10-20-9-13(17)11-2-4-12(16)5-3-11/h2-5H,6-10H2,1H3. The van der Waals surface area contributed by atoms with Crippen molar-refractivity contribution in [3.63, 3.8) is 0 Å². The maximum atomic E-state index is 12.0. The third-order valence-electron chi connectivity index (χ3n) is 3.51. The second kappa shape index (κ2) is 6.93. The van der Waals surface area contributed by atoms with Crippen molar-refractivity contribution in [1.82, 2.24) is 0 Å². The number of methoxy groups -OCH3 is 1. The van der Waals surface area contributed by atoms with Crippen LogP contribution in [0.2, 0.25) is 0 Å². The van der Waals surface area contributed by atoms with Crippen LogP contribution in [0.1, 0.15) is 29.6 Å². The van der Waals surface area contributed by atoms with E-state index in [1.165, 1.54) is 7.11 Å². The van der Waals surface area contributed by atoms with E-state index in [2.05, 4.69) is 22.6 Å². The second-order valence-electron chi connectivity index (χ2n) is 5.18. The number of thioether (sulfide) groups is 1. The summed E-state index contributed by atoms with van der Waals surface area (Å²) in [5.41, 5.74) is 0.847. The maximum Gasteiger partial charge on any atom is 0.306 e. The molecule has 1 aliphatic carbocycles. The van der Waals surface area contributed by atoms with Crippen molar-refractivity contribution >= 4 is 46.1 Å². The number of Topliss-reactive ketones (excluding diaryl/α,β-unsaturated/α-hetero) is 1. The van der Waals surface area contributed by atoms with Gasteiger partial charge in [0.1, 0.15) is 0 Å². The van der Waals surface area contributed by atoms with Crippen molar-refractivity contribution < 1.29 is 14.3 Å². The minimum Gasteiger partial charge on any atom is -0.469 e. The van der Waals surface area contributed by atoms with E-state index in [1.54, 1.807) is 11.8 Å². The predicted molar refractivity (Wildman–Crippen MR) is 89.1 cm³/mol. The summed E-state index contributed by atoms with van der Waals surface area (Å²) in [5.74, 6) is 1.34. The van der Waals surface area contributed by atoms with Crippen molar-refractivity contribution in [2.75, 3.05) is 18.6 Å². The Morgan fingerprint density at radius 1 is 1.30 bits per heavy atom. The summed E-state index contributed by atoms with van der Waals surface area (Å²) < 4.78 is 5.84. The third kappa shape index (κ3) is 4.48. The highest BCUT2D eigenvalue weighted by molar-refractivity contribution is 14.1. The number of rotatable bonds is 7. The SMILES string of the molecule is COC(=O)CC1(CSCC(=O)c2ccc(I)cc2)CC1. The highest BCUT2D eigenvalue weighted by atomic mass is 127. The van der Waals surface area contributed by atoms with Crippen LogP contribution in [0.15, 0.2) is 24.3 Å². The molecule has 1 fully saturated rings. The van der Waals surface area contributed by atoms with Crippen LogP contribution < -0.4 is 0 Å². The van der Waals surface area contributed by atoms with Gasteiger partial charge in [-0.1, -0.05) is 12.1 Å². The molecule has 0 atom stereocenters. The zero-order valence-corrected chi connectivity index (χ0v) is 14.3. The molecule has 0 saturated heterocycles. The largest absolute Gasteiger partial charge is 0.469 e. The van der Waals surface area contributed by atoms with Crippen LogP contribution in [0.4, 0.5) is 0 Å². The molecule has 20 heavy (non-hydrogen) atoms. The van der Waals surface area contributed by atoms with E-state index in [0.717, 1.165) is 27.7 Å². The fourth-order valence-corrected chi connectivity index (χ4v) is 3.64. The van der Waals surface area contributed by atoms with Crippen LogP contribution >= 0.6 is 34.4 Å². The lowest BCUT2D eigenvalue weighted by Gasteiger charge is -2.12. The highest BCUT2D eigenvalue weighted by Crippen LogP contribution is 2.51. The second-order valence-corrected chi connectivity index (χ2v) is 7.41. The Hall–Kier alpha value is -0.560. The summed E-state index contributed by atoms with van der Waals surface area (Å²) in [6.07, 6.45) is 2.61. The van der Waals surface area contributed by atoms with E-state index in [9.17, 15) is 9.59 Å². The summed E-state index contributed by atoms with van der Waals surface area (Å²) in [6.45, 7) is 0. The number of ketones is 1.